The van der Waals surface area contributed by atoms with Gasteiger partial charge in [0.25, 0.3) is 0 Å². The van der Waals surface area contributed by atoms with Crippen molar-refractivity contribution in [2.75, 3.05) is 29.1 Å². The molecule has 0 radical (unpaired) electrons. The van der Waals surface area contributed by atoms with Crippen LogP contribution in [0.4, 0.5) is 11.8 Å². The van der Waals surface area contributed by atoms with Crippen molar-refractivity contribution in [1.82, 2.24) is 19.5 Å². The molecule has 8 nitrogen and oxygen atoms in total. The summed E-state index contributed by atoms with van der Waals surface area (Å²) < 4.78 is 14.9. The second-order valence-corrected chi connectivity index (χ2v) is 10.5. The van der Waals surface area contributed by atoms with E-state index in [1.54, 1.807) is 0 Å². The molecule has 31 heavy (non-hydrogen) atoms. The van der Waals surface area contributed by atoms with Crippen LogP contribution in [0.2, 0.25) is 5.02 Å². The lowest BCUT2D eigenvalue weighted by Gasteiger charge is -2.41. The second-order valence-electron chi connectivity index (χ2n) is 8.60. The Labute approximate surface area is 187 Å². The zero-order chi connectivity index (χ0) is 21.2. The number of nitrogens with one attached hydrogen (secondary N) is 1. The van der Waals surface area contributed by atoms with Crippen molar-refractivity contribution in [3.05, 3.63) is 34.7 Å². The number of imidazole rings is 1. The third kappa shape index (κ3) is 3.13. The smallest absolute Gasteiger partial charge is 0.228 e. The predicted molar refractivity (Wildman–Crippen MR) is 120 cm³/mol. The number of benzene rings is 1. The minimum Gasteiger partial charge on any atom is -0.394 e. The van der Waals surface area contributed by atoms with Gasteiger partial charge in [-0.05, 0) is 37.5 Å². The van der Waals surface area contributed by atoms with E-state index >= 15 is 0 Å². The Balaban J connectivity index is 1.37. The van der Waals surface area contributed by atoms with Crippen molar-refractivity contribution < 1.29 is 9.32 Å². The van der Waals surface area contributed by atoms with Crippen molar-refractivity contribution in [1.29, 1.82) is 0 Å². The standard InChI is InChI=1S/C21H23ClN6O2S/c22-13-2-3-16-15(10-13)23-17-11-27(7-8-28(16)17)20-24-14-4-9-31(30)18(14)19(25-20)26-21(12-29)5-1-6-21/h2-3,10,29H,1,4-9,11-12H2,(H,24,25,26)/t31-/m0/s1. The minimum atomic E-state index is -1.10. The maximum absolute atomic E-state index is 12.6. The van der Waals surface area contributed by atoms with Gasteiger partial charge in [0.05, 0.1) is 46.2 Å². The molecule has 1 saturated carbocycles. The van der Waals surface area contributed by atoms with Crippen LogP contribution in [0.1, 0.15) is 30.8 Å². The van der Waals surface area contributed by atoms with Gasteiger partial charge < -0.3 is 19.9 Å². The van der Waals surface area contributed by atoms with Gasteiger partial charge in [-0.25, -0.2) is 9.97 Å². The highest BCUT2D eigenvalue weighted by Gasteiger charge is 2.39. The van der Waals surface area contributed by atoms with Gasteiger partial charge in [0.15, 0.2) is 0 Å². The van der Waals surface area contributed by atoms with Gasteiger partial charge in [-0.1, -0.05) is 11.6 Å². The number of aromatic nitrogens is 4. The number of fused-ring (bicyclic) bond motifs is 4. The average Bonchev–Trinajstić information content (AvgIpc) is 3.29. The molecule has 3 aliphatic rings. The number of aryl methyl sites for hydroxylation is 1. The van der Waals surface area contributed by atoms with E-state index in [4.69, 9.17) is 26.6 Å². The first kappa shape index (κ1) is 19.5. The van der Waals surface area contributed by atoms with Crippen LogP contribution in [-0.4, -0.2) is 53.3 Å². The lowest BCUT2D eigenvalue weighted by Crippen LogP contribution is -2.48. The molecule has 10 heteroatoms. The van der Waals surface area contributed by atoms with Crippen LogP contribution in [0.25, 0.3) is 11.0 Å². The molecule has 0 saturated heterocycles. The Hall–Kier alpha value is -2.23. The monoisotopic (exact) mass is 458 g/mol. The number of aliphatic hydroxyl groups is 1. The molecule has 6 rings (SSSR count). The molecular formula is C21H23ClN6O2S. The molecule has 2 aliphatic heterocycles. The minimum absolute atomic E-state index is 0.0457. The number of rotatable bonds is 4. The summed E-state index contributed by atoms with van der Waals surface area (Å²) in [5.41, 5.74) is 2.47. The number of nitrogens with zero attached hydrogens (tertiary/aromatic N) is 5. The number of aliphatic hydroxyl groups excluding tert-OH is 1. The molecule has 0 unspecified atom stereocenters. The summed E-state index contributed by atoms with van der Waals surface area (Å²) in [6.07, 6.45) is 3.54. The van der Waals surface area contributed by atoms with Gasteiger partial charge in [0.1, 0.15) is 16.5 Å². The summed E-state index contributed by atoms with van der Waals surface area (Å²) in [4.78, 5) is 17.2. The highest BCUT2D eigenvalue weighted by Crippen LogP contribution is 2.38. The summed E-state index contributed by atoms with van der Waals surface area (Å²) in [7, 11) is -1.10. The van der Waals surface area contributed by atoms with E-state index in [2.05, 4.69) is 14.8 Å². The van der Waals surface area contributed by atoms with E-state index in [1.165, 1.54) is 0 Å². The van der Waals surface area contributed by atoms with Crippen LogP contribution in [0, 0.1) is 0 Å². The largest absolute Gasteiger partial charge is 0.394 e. The Bertz CT molecular complexity index is 1220. The van der Waals surface area contributed by atoms with Crippen molar-refractivity contribution in [3.8, 4) is 0 Å². The quantitative estimate of drug-likeness (QED) is 0.620. The molecule has 1 atom stereocenters. The number of hydrogen-bond acceptors (Lipinski definition) is 7. The molecule has 1 aliphatic carbocycles. The first-order chi connectivity index (χ1) is 15.0. The molecule has 162 valence electrons. The molecule has 1 aromatic carbocycles. The van der Waals surface area contributed by atoms with E-state index < -0.39 is 10.8 Å². The van der Waals surface area contributed by atoms with Crippen molar-refractivity contribution in [2.24, 2.45) is 0 Å². The SMILES string of the molecule is O=[S@]1CCc2nc(N3CCn4c(nc5cc(Cl)ccc54)C3)nc(NC3(CO)CCC3)c21. The maximum atomic E-state index is 12.6. The zero-order valence-corrected chi connectivity index (χ0v) is 18.5. The highest BCUT2D eigenvalue weighted by molar-refractivity contribution is 7.85. The van der Waals surface area contributed by atoms with Crippen molar-refractivity contribution in [3.63, 3.8) is 0 Å². The van der Waals surface area contributed by atoms with E-state index in [0.717, 1.165) is 54.9 Å². The van der Waals surface area contributed by atoms with E-state index in [1.807, 2.05) is 18.2 Å². The Morgan fingerprint density at radius 2 is 2.10 bits per heavy atom. The molecule has 0 bridgehead atoms. The lowest BCUT2D eigenvalue weighted by molar-refractivity contribution is 0.143. The molecule has 3 aromatic rings. The first-order valence-electron chi connectivity index (χ1n) is 10.6. The van der Waals surface area contributed by atoms with Crippen LogP contribution in [0.3, 0.4) is 0 Å². The van der Waals surface area contributed by atoms with Crippen LogP contribution in [0.15, 0.2) is 23.1 Å². The maximum Gasteiger partial charge on any atom is 0.228 e. The summed E-state index contributed by atoms with van der Waals surface area (Å²) in [6.45, 7) is 2.18. The van der Waals surface area contributed by atoms with Crippen LogP contribution in [0.5, 0.6) is 0 Å². The predicted octanol–water partition coefficient (Wildman–Crippen LogP) is 2.49. The first-order valence-corrected chi connectivity index (χ1v) is 12.3. The molecule has 2 N–H and O–H groups in total. The van der Waals surface area contributed by atoms with Crippen molar-refractivity contribution >= 4 is 45.2 Å². The molecule has 0 spiro atoms. The van der Waals surface area contributed by atoms with E-state index in [-0.39, 0.29) is 12.1 Å². The topological polar surface area (TPSA) is 96.2 Å². The second kappa shape index (κ2) is 7.15. The fraction of sp³-hybridized carbons (Fsp3) is 0.476. The normalized spacial score (nSPS) is 21.6. The number of hydrogen-bond donors (Lipinski definition) is 2. The van der Waals surface area contributed by atoms with E-state index in [0.29, 0.717) is 40.4 Å². The fourth-order valence-electron chi connectivity index (χ4n) is 4.75. The van der Waals surface area contributed by atoms with Gasteiger partial charge in [-0.15, -0.1) is 0 Å². The van der Waals surface area contributed by atoms with Gasteiger partial charge in [0, 0.05) is 30.3 Å². The van der Waals surface area contributed by atoms with Gasteiger partial charge in [-0.3, -0.25) is 4.21 Å². The average molecular weight is 459 g/mol. The lowest BCUT2D eigenvalue weighted by atomic mass is 9.77. The molecular weight excluding hydrogens is 436 g/mol. The van der Waals surface area contributed by atoms with E-state index in [9.17, 15) is 9.32 Å². The van der Waals surface area contributed by atoms with Crippen LogP contribution in [-0.2, 0) is 30.3 Å². The van der Waals surface area contributed by atoms with Gasteiger partial charge >= 0.3 is 0 Å². The summed E-state index contributed by atoms with van der Waals surface area (Å²) >= 11 is 6.14. The van der Waals surface area contributed by atoms with Crippen LogP contribution >= 0.6 is 11.6 Å². The van der Waals surface area contributed by atoms with Gasteiger partial charge in [-0.2, -0.15) is 4.98 Å². The number of halogens is 1. The summed E-state index contributed by atoms with van der Waals surface area (Å²) in [5.74, 6) is 2.78. The third-order valence-electron chi connectivity index (χ3n) is 6.67. The molecule has 1 fully saturated rings. The molecule has 2 aromatic heterocycles. The molecule has 4 heterocycles. The molecule has 0 amide bonds. The summed E-state index contributed by atoms with van der Waals surface area (Å²) in [6, 6.07) is 5.80. The number of anilines is 2. The zero-order valence-electron chi connectivity index (χ0n) is 17.0. The van der Waals surface area contributed by atoms with Crippen molar-refractivity contribution in [2.45, 2.75) is 49.2 Å². The highest BCUT2D eigenvalue weighted by atomic mass is 35.5. The Morgan fingerprint density at radius 3 is 2.87 bits per heavy atom. The Kier molecular flexibility index (Phi) is 4.49. The van der Waals surface area contributed by atoms with Crippen LogP contribution < -0.4 is 10.2 Å². The third-order valence-corrected chi connectivity index (χ3v) is 8.37. The summed E-state index contributed by atoms with van der Waals surface area (Å²) in [5, 5.41) is 14.0. The fourth-order valence-corrected chi connectivity index (χ4v) is 6.22. The Morgan fingerprint density at radius 1 is 1.23 bits per heavy atom. The van der Waals surface area contributed by atoms with Gasteiger partial charge in [0.2, 0.25) is 5.95 Å².